The largest absolute Gasteiger partial charge is 0.496 e. The van der Waals surface area contributed by atoms with E-state index >= 15 is 0 Å². The lowest BCUT2D eigenvalue weighted by atomic mass is 10.1. The number of hydrogen-bond acceptors (Lipinski definition) is 4. The van der Waals surface area contributed by atoms with Gasteiger partial charge in [-0.2, -0.15) is 18.3 Å². The number of para-hydroxylation sites is 1. The molecule has 2 aromatic heterocycles. The van der Waals surface area contributed by atoms with E-state index in [4.69, 9.17) is 4.74 Å². The van der Waals surface area contributed by atoms with E-state index in [-0.39, 0.29) is 23.2 Å². The second kappa shape index (κ2) is 8.20. The van der Waals surface area contributed by atoms with Crippen molar-refractivity contribution >= 4 is 11.6 Å². The fourth-order valence-corrected chi connectivity index (χ4v) is 4.06. The zero-order valence-corrected chi connectivity index (χ0v) is 17.3. The van der Waals surface area contributed by atoms with Crippen molar-refractivity contribution in [1.82, 2.24) is 19.5 Å². The molecule has 1 amide bonds. The molecule has 0 saturated carbocycles. The molecular weight excluding hydrogens is 409 g/mol. The molecule has 0 radical (unpaired) electrons. The van der Waals surface area contributed by atoms with Crippen LogP contribution >= 0.6 is 0 Å². The Balaban J connectivity index is 1.46. The summed E-state index contributed by atoms with van der Waals surface area (Å²) in [6.45, 7) is 2.52. The van der Waals surface area contributed by atoms with E-state index in [1.807, 2.05) is 24.3 Å². The van der Waals surface area contributed by atoms with Crippen molar-refractivity contribution in [2.75, 3.05) is 20.2 Å². The summed E-state index contributed by atoms with van der Waals surface area (Å²) in [5, 5.41) is 4.19. The smallest absolute Gasteiger partial charge is 0.433 e. The highest BCUT2D eigenvalue weighted by molar-refractivity contribution is 5.77. The van der Waals surface area contributed by atoms with Gasteiger partial charge in [-0.15, -0.1) is 0 Å². The van der Waals surface area contributed by atoms with Crippen molar-refractivity contribution in [2.45, 2.75) is 38.3 Å². The van der Waals surface area contributed by atoms with Crippen LogP contribution in [-0.4, -0.2) is 45.6 Å². The third kappa shape index (κ3) is 4.35. The van der Waals surface area contributed by atoms with Crippen LogP contribution in [0.15, 0.2) is 36.4 Å². The molecule has 4 rings (SSSR count). The van der Waals surface area contributed by atoms with Gasteiger partial charge in [-0.05, 0) is 37.5 Å². The number of nitrogens with zero attached hydrogens (tertiary/aromatic N) is 4. The Hall–Kier alpha value is -3.10. The highest BCUT2D eigenvalue weighted by atomic mass is 19.4. The first-order chi connectivity index (χ1) is 14.8. The van der Waals surface area contributed by atoms with Gasteiger partial charge in [0.25, 0.3) is 0 Å². The number of hydrogen-bond donors (Lipinski definition) is 0. The van der Waals surface area contributed by atoms with Gasteiger partial charge in [-0.1, -0.05) is 18.2 Å². The van der Waals surface area contributed by atoms with Crippen LogP contribution in [0, 0.1) is 6.92 Å². The molecule has 1 unspecified atom stereocenters. The van der Waals surface area contributed by atoms with Crippen LogP contribution in [0.5, 0.6) is 5.75 Å². The van der Waals surface area contributed by atoms with Gasteiger partial charge in [0.05, 0.1) is 12.8 Å². The van der Waals surface area contributed by atoms with Crippen molar-refractivity contribution in [3.05, 3.63) is 59.0 Å². The number of carbonyl (C=O) groups is 1. The number of likely N-dealkylation sites (tertiary alicyclic amines) is 1. The molecule has 1 aliphatic rings. The van der Waals surface area contributed by atoms with Gasteiger partial charge in [0.15, 0.2) is 5.65 Å². The van der Waals surface area contributed by atoms with Crippen LogP contribution in [0.1, 0.15) is 41.4 Å². The summed E-state index contributed by atoms with van der Waals surface area (Å²) in [5.41, 5.74) is 1.11. The van der Waals surface area contributed by atoms with Gasteiger partial charge in [-0.25, -0.2) is 9.50 Å². The van der Waals surface area contributed by atoms with Gasteiger partial charge in [0, 0.05) is 37.2 Å². The van der Waals surface area contributed by atoms with Crippen molar-refractivity contribution in [3.63, 3.8) is 0 Å². The van der Waals surface area contributed by atoms with Gasteiger partial charge in [0.1, 0.15) is 11.4 Å². The van der Waals surface area contributed by atoms with E-state index in [0.29, 0.717) is 38.0 Å². The highest BCUT2D eigenvalue weighted by Crippen LogP contribution is 2.32. The third-order valence-corrected chi connectivity index (χ3v) is 5.62. The molecular formula is C22H23F3N4O2. The number of carbonyl (C=O) groups excluding carboxylic acids is 1. The fraction of sp³-hybridized carbons (Fsp3) is 0.409. The number of ether oxygens (including phenoxy) is 1. The maximum absolute atomic E-state index is 13.4. The van der Waals surface area contributed by atoms with Gasteiger partial charge in [0.2, 0.25) is 5.91 Å². The van der Waals surface area contributed by atoms with Crippen LogP contribution in [0.3, 0.4) is 0 Å². The summed E-state index contributed by atoms with van der Waals surface area (Å²) >= 11 is 0. The minimum absolute atomic E-state index is 0.0159. The number of alkyl halides is 3. The lowest BCUT2D eigenvalue weighted by molar-refractivity contribution is -0.142. The van der Waals surface area contributed by atoms with E-state index < -0.39 is 11.9 Å². The quantitative estimate of drug-likeness (QED) is 0.611. The number of aryl methyl sites for hydroxylation is 2. The summed E-state index contributed by atoms with van der Waals surface area (Å²) in [5.74, 6) is 0.656. The molecule has 6 nitrogen and oxygen atoms in total. The van der Waals surface area contributed by atoms with Crippen LogP contribution in [0.25, 0.3) is 5.65 Å². The van der Waals surface area contributed by atoms with E-state index in [2.05, 4.69) is 10.1 Å². The predicted octanol–water partition coefficient (Wildman–Crippen LogP) is 4.01. The molecule has 9 heteroatoms. The molecule has 1 saturated heterocycles. The Morgan fingerprint density at radius 3 is 2.77 bits per heavy atom. The van der Waals surface area contributed by atoms with E-state index in [9.17, 15) is 18.0 Å². The summed E-state index contributed by atoms with van der Waals surface area (Å²) in [4.78, 5) is 18.6. The van der Waals surface area contributed by atoms with Crippen molar-refractivity contribution in [2.24, 2.45) is 0 Å². The maximum atomic E-state index is 13.4. The SMILES string of the molecule is COc1ccccc1CCC(=O)N1CCC(c2cc3nc(C)cc(C(F)(F)F)n3n2)C1. The average molecular weight is 432 g/mol. The standard InChI is InChI=1S/C22H23F3N4O2/c1-14-11-19(22(23,24)25)29-20(26-14)12-17(27-29)16-9-10-28(13-16)21(30)8-7-15-5-3-4-6-18(15)31-2/h3-6,11-12,16H,7-10,13H2,1-2H3. The fourth-order valence-electron chi connectivity index (χ4n) is 4.06. The van der Waals surface area contributed by atoms with Crippen molar-refractivity contribution < 1.29 is 22.7 Å². The molecule has 1 fully saturated rings. The summed E-state index contributed by atoms with van der Waals surface area (Å²) in [6, 6.07) is 10.2. The van der Waals surface area contributed by atoms with Crippen LogP contribution in [0.2, 0.25) is 0 Å². The number of amides is 1. The average Bonchev–Trinajstić information content (AvgIpc) is 3.38. The first kappa shape index (κ1) is 21.1. The summed E-state index contributed by atoms with van der Waals surface area (Å²) < 4.78 is 46.3. The van der Waals surface area contributed by atoms with E-state index in [1.165, 1.54) is 6.92 Å². The van der Waals surface area contributed by atoms with E-state index in [1.54, 1.807) is 18.1 Å². The number of methoxy groups -OCH3 is 1. The van der Waals surface area contributed by atoms with Crippen LogP contribution in [0.4, 0.5) is 13.2 Å². The van der Waals surface area contributed by atoms with Gasteiger partial charge >= 0.3 is 6.18 Å². The first-order valence-corrected chi connectivity index (χ1v) is 10.1. The van der Waals surface area contributed by atoms with Crippen LogP contribution in [-0.2, 0) is 17.4 Å². The minimum Gasteiger partial charge on any atom is -0.496 e. The Labute approximate surface area is 177 Å². The number of benzene rings is 1. The Bertz CT molecular complexity index is 1110. The zero-order valence-electron chi connectivity index (χ0n) is 17.3. The van der Waals surface area contributed by atoms with Gasteiger partial charge < -0.3 is 9.64 Å². The molecule has 31 heavy (non-hydrogen) atoms. The molecule has 3 aromatic rings. The minimum atomic E-state index is -4.52. The van der Waals surface area contributed by atoms with Crippen LogP contribution < -0.4 is 4.74 Å². The lowest BCUT2D eigenvalue weighted by Gasteiger charge is -2.16. The summed E-state index contributed by atoms with van der Waals surface area (Å²) in [6.07, 6.45) is -2.95. The molecule has 0 bridgehead atoms. The van der Waals surface area contributed by atoms with Crippen molar-refractivity contribution in [3.8, 4) is 5.75 Å². The lowest BCUT2D eigenvalue weighted by Crippen LogP contribution is -2.28. The Morgan fingerprint density at radius 1 is 1.26 bits per heavy atom. The monoisotopic (exact) mass is 432 g/mol. The highest BCUT2D eigenvalue weighted by Gasteiger charge is 2.36. The Kier molecular flexibility index (Phi) is 5.60. The Morgan fingerprint density at radius 2 is 2.03 bits per heavy atom. The molecule has 0 spiro atoms. The second-order valence-corrected chi connectivity index (χ2v) is 7.76. The second-order valence-electron chi connectivity index (χ2n) is 7.76. The molecule has 1 aliphatic heterocycles. The first-order valence-electron chi connectivity index (χ1n) is 10.1. The van der Waals surface area contributed by atoms with E-state index in [0.717, 1.165) is 21.9 Å². The van der Waals surface area contributed by atoms with Crippen molar-refractivity contribution in [1.29, 1.82) is 0 Å². The molecule has 164 valence electrons. The number of aromatic nitrogens is 3. The number of halogens is 3. The maximum Gasteiger partial charge on any atom is 0.433 e. The number of rotatable bonds is 5. The normalized spacial score (nSPS) is 16.8. The molecule has 3 heterocycles. The third-order valence-electron chi connectivity index (χ3n) is 5.62. The zero-order chi connectivity index (χ0) is 22.2. The molecule has 1 atom stereocenters. The predicted molar refractivity (Wildman–Crippen MR) is 108 cm³/mol. The molecule has 1 aromatic carbocycles. The summed E-state index contributed by atoms with van der Waals surface area (Å²) in [7, 11) is 1.60. The topological polar surface area (TPSA) is 59.7 Å². The van der Waals surface area contributed by atoms with Gasteiger partial charge in [-0.3, -0.25) is 4.79 Å². The molecule has 0 N–H and O–H groups in total. The number of fused-ring (bicyclic) bond motifs is 1. The molecule has 0 aliphatic carbocycles.